The lowest BCUT2D eigenvalue weighted by molar-refractivity contribution is -0.147. The van der Waals surface area contributed by atoms with Gasteiger partial charge < -0.3 is 19.0 Å². The van der Waals surface area contributed by atoms with Gasteiger partial charge in [-0.05, 0) is 24.1 Å². The van der Waals surface area contributed by atoms with Gasteiger partial charge in [0.2, 0.25) is 11.7 Å². The molecule has 1 amide bonds. The molecule has 1 saturated heterocycles. The zero-order valence-electron chi connectivity index (χ0n) is 16.1. The van der Waals surface area contributed by atoms with Crippen LogP contribution < -0.4 is 0 Å². The Kier molecular flexibility index (Phi) is 5.20. The maximum atomic E-state index is 12.6. The average Bonchev–Trinajstić information content (AvgIpc) is 3.46. The maximum Gasteiger partial charge on any atom is 0.311 e. The number of nitrogens with one attached hydrogen (secondary N) is 1. The number of hydrogen-bond acceptors (Lipinski definition) is 5. The second-order valence-electron chi connectivity index (χ2n) is 7.18. The molecule has 0 aliphatic carbocycles. The number of aryl methyl sites for hydroxylation is 1. The highest BCUT2D eigenvalue weighted by atomic mass is 16.5. The molecular weight excluding hydrogens is 372 g/mol. The fourth-order valence-corrected chi connectivity index (χ4v) is 3.75. The molecule has 29 heavy (non-hydrogen) atoms. The van der Waals surface area contributed by atoms with Crippen LogP contribution in [0.25, 0.3) is 10.9 Å². The Labute approximate surface area is 167 Å². The number of fused-ring (bicyclic) bond motifs is 1. The minimum atomic E-state index is -0.570. The van der Waals surface area contributed by atoms with Gasteiger partial charge in [0.05, 0.1) is 18.7 Å². The van der Waals surface area contributed by atoms with Crippen LogP contribution >= 0.6 is 0 Å². The van der Waals surface area contributed by atoms with Crippen molar-refractivity contribution in [2.45, 2.75) is 26.3 Å². The molecule has 1 N–H and O–H groups in total. The van der Waals surface area contributed by atoms with Gasteiger partial charge in [0, 0.05) is 35.6 Å². The van der Waals surface area contributed by atoms with Gasteiger partial charge in [-0.2, -0.15) is 0 Å². The largest absolute Gasteiger partial charge is 0.467 e. The number of furan rings is 1. The summed E-state index contributed by atoms with van der Waals surface area (Å²) in [6.07, 6.45) is 4.14. The first kappa shape index (κ1) is 19.0. The predicted molar refractivity (Wildman–Crippen MR) is 105 cm³/mol. The van der Waals surface area contributed by atoms with Gasteiger partial charge in [-0.15, -0.1) is 0 Å². The molecule has 0 unspecified atom stereocenters. The molecule has 0 bridgehead atoms. The SMILES string of the molecule is CCc1cccc2c(C(=O)COC(=O)[C@H]3CC(=O)N(Cc4ccco4)C3)c[nH]c12. The Morgan fingerprint density at radius 2 is 2.14 bits per heavy atom. The van der Waals surface area contributed by atoms with Gasteiger partial charge in [-0.25, -0.2) is 0 Å². The maximum absolute atomic E-state index is 12.6. The van der Waals surface area contributed by atoms with Gasteiger partial charge in [-0.3, -0.25) is 14.4 Å². The number of benzene rings is 1. The molecule has 1 aliphatic heterocycles. The summed E-state index contributed by atoms with van der Waals surface area (Å²) in [4.78, 5) is 41.8. The molecule has 7 nitrogen and oxygen atoms in total. The van der Waals surface area contributed by atoms with E-state index in [1.807, 2.05) is 18.2 Å². The smallest absolute Gasteiger partial charge is 0.311 e. The molecule has 0 saturated carbocycles. The van der Waals surface area contributed by atoms with Crippen LogP contribution in [-0.4, -0.2) is 40.7 Å². The van der Waals surface area contributed by atoms with Gasteiger partial charge in [0.25, 0.3) is 0 Å². The van der Waals surface area contributed by atoms with Crippen molar-refractivity contribution in [3.8, 4) is 0 Å². The van der Waals surface area contributed by atoms with E-state index < -0.39 is 11.9 Å². The number of ketones is 1. The third-order valence-corrected chi connectivity index (χ3v) is 5.30. The van der Waals surface area contributed by atoms with Crippen molar-refractivity contribution in [3.63, 3.8) is 0 Å². The lowest BCUT2D eigenvalue weighted by atomic mass is 10.1. The standard InChI is InChI=1S/C22H22N2O5/c1-2-14-5-3-7-17-18(10-23-21(14)17)19(25)13-29-22(27)15-9-20(26)24(11-15)12-16-6-4-8-28-16/h3-8,10,15,23H,2,9,11-13H2,1H3/t15-/m0/s1. The molecule has 1 atom stereocenters. The highest BCUT2D eigenvalue weighted by Crippen LogP contribution is 2.24. The summed E-state index contributed by atoms with van der Waals surface area (Å²) in [6.45, 7) is 2.30. The number of nitrogens with zero attached hydrogens (tertiary/aromatic N) is 1. The van der Waals surface area contributed by atoms with Crippen LogP contribution in [0.15, 0.2) is 47.2 Å². The van der Waals surface area contributed by atoms with Gasteiger partial charge >= 0.3 is 5.97 Å². The summed E-state index contributed by atoms with van der Waals surface area (Å²) in [7, 11) is 0. The monoisotopic (exact) mass is 394 g/mol. The highest BCUT2D eigenvalue weighted by Gasteiger charge is 2.36. The molecule has 150 valence electrons. The van der Waals surface area contributed by atoms with Gasteiger partial charge in [0.15, 0.2) is 6.61 Å². The summed E-state index contributed by atoms with van der Waals surface area (Å²) >= 11 is 0. The average molecular weight is 394 g/mol. The van der Waals surface area contributed by atoms with Crippen LogP contribution in [0, 0.1) is 5.92 Å². The number of carbonyl (C=O) groups excluding carboxylic acids is 3. The number of para-hydroxylation sites is 1. The number of hydrogen-bond donors (Lipinski definition) is 1. The Bertz CT molecular complexity index is 1050. The molecular formula is C22H22N2O5. The number of likely N-dealkylation sites (tertiary alicyclic amines) is 1. The quantitative estimate of drug-likeness (QED) is 0.491. The number of amides is 1. The molecule has 1 aromatic carbocycles. The van der Waals surface area contributed by atoms with Gasteiger partial charge in [-0.1, -0.05) is 25.1 Å². The minimum absolute atomic E-state index is 0.0840. The molecule has 3 heterocycles. The van der Waals surface area contributed by atoms with E-state index in [9.17, 15) is 14.4 Å². The van der Waals surface area contributed by atoms with E-state index in [1.165, 1.54) is 0 Å². The van der Waals surface area contributed by atoms with E-state index in [2.05, 4.69) is 11.9 Å². The number of esters is 1. The molecule has 7 heteroatoms. The van der Waals surface area contributed by atoms with Crippen molar-refractivity contribution in [1.82, 2.24) is 9.88 Å². The molecule has 3 aromatic rings. The lowest BCUT2D eigenvalue weighted by Crippen LogP contribution is -2.27. The lowest BCUT2D eigenvalue weighted by Gasteiger charge is -2.14. The first-order valence-corrected chi connectivity index (χ1v) is 9.65. The van der Waals surface area contributed by atoms with E-state index >= 15 is 0 Å². The molecule has 2 aromatic heterocycles. The van der Waals surface area contributed by atoms with Crippen molar-refractivity contribution in [3.05, 3.63) is 59.7 Å². The van der Waals surface area contributed by atoms with Crippen LogP contribution in [-0.2, 0) is 27.3 Å². The summed E-state index contributed by atoms with van der Waals surface area (Å²) in [6, 6.07) is 9.33. The molecule has 1 fully saturated rings. The zero-order chi connectivity index (χ0) is 20.4. The number of aromatic amines is 1. The second kappa shape index (κ2) is 7.95. The fraction of sp³-hybridized carbons (Fsp3) is 0.318. The minimum Gasteiger partial charge on any atom is -0.467 e. The predicted octanol–water partition coefficient (Wildman–Crippen LogP) is 3.10. The van der Waals surface area contributed by atoms with E-state index in [4.69, 9.17) is 9.15 Å². The molecule has 1 aliphatic rings. The van der Waals surface area contributed by atoms with Crippen LogP contribution in [0.4, 0.5) is 0 Å². The van der Waals surface area contributed by atoms with E-state index in [-0.39, 0.29) is 31.3 Å². The summed E-state index contributed by atoms with van der Waals surface area (Å²) in [5.74, 6) is -0.830. The summed E-state index contributed by atoms with van der Waals surface area (Å²) < 4.78 is 10.5. The molecule has 4 rings (SSSR count). The Morgan fingerprint density at radius 1 is 1.28 bits per heavy atom. The highest BCUT2D eigenvalue weighted by molar-refractivity contribution is 6.09. The van der Waals surface area contributed by atoms with Crippen LogP contribution in [0.1, 0.15) is 35.0 Å². The van der Waals surface area contributed by atoms with Crippen LogP contribution in [0.2, 0.25) is 0 Å². The van der Waals surface area contributed by atoms with E-state index in [0.717, 1.165) is 22.9 Å². The molecule has 0 spiro atoms. The van der Waals surface area contributed by atoms with E-state index in [1.54, 1.807) is 29.5 Å². The second-order valence-corrected chi connectivity index (χ2v) is 7.18. The first-order chi connectivity index (χ1) is 14.1. The van der Waals surface area contributed by atoms with Crippen molar-refractivity contribution in [1.29, 1.82) is 0 Å². The molecule has 0 radical (unpaired) electrons. The van der Waals surface area contributed by atoms with Crippen molar-refractivity contribution in [2.75, 3.05) is 13.2 Å². The van der Waals surface area contributed by atoms with E-state index in [0.29, 0.717) is 17.9 Å². The number of carbonyl (C=O) groups is 3. The third-order valence-electron chi connectivity index (χ3n) is 5.30. The van der Waals surface area contributed by atoms with Gasteiger partial charge in [0.1, 0.15) is 5.76 Å². The van der Waals surface area contributed by atoms with Crippen LogP contribution in [0.3, 0.4) is 0 Å². The Balaban J connectivity index is 1.36. The number of ether oxygens (including phenoxy) is 1. The number of rotatable bonds is 7. The third kappa shape index (κ3) is 3.81. The van der Waals surface area contributed by atoms with Crippen molar-refractivity contribution < 1.29 is 23.5 Å². The normalized spacial score (nSPS) is 16.5. The first-order valence-electron chi connectivity index (χ1n) is 9.65. The Hall–Kier alpha value is -3.35. The summed E-state index contributed by atoms with van der Waals surface area (Å²) in [5.41, 5.74) is 2.56. The van der Waals surface area contributed by atoms with Crippen molar-refractivity contribution >= 4 is 28.6 Å². The number of H-pyrrole nitrogens is 1. The number of Topliss-reactive ketones (excluding diaryl/α,β-unsaturated/α-hetero) is 1. The Morgan fingerprint density at radius 3 is 2.90 bits per heavy atom. The fourth-order valence-electron chi connectivity index (χ4n) is 3.75. The van der Waals surface area contributed by atoms with Crippen LogP contribution in [0.5, 0.6) is 0 Å². The topological polar surface area (TPSA) is 92.6 Å². The number of aromatic nitrogens is 1. The van der Waals surface area contributed by atoms with Crippen molar-refractivity contribution in [2.24, 2.45) is 5.92 Å². The summed E-state index contributed by atoms with van der Waals surface area (Å²) in [5, 5.41) is 0.825. The zero-order valence-corrected chi connectivity index (χ0v) is 16.1.